The summed E-state index contributed by atoms with van der Waals surface area (Å²) < 4.78 is 19.1. The second-order valence-corrected chi connectivity index (χ2v) is 6.29. The van der Waals surface area contributed by atoms with Gasteiger partial charge in [0.15, 0.2) is 5.78 Å². The molecule has 0 amide bonds. The molecule has 0 bridgehead atoms. The Morgan fingerprint density at radius 2 is 2.11 bits per heavy atom. The molecule has 0 spiro atoms. The Labute approximate surface area is 157 Å². The number of rotatable bonds is 6. The van der Waals surface area contributed by atoms with Crippen LogP contribution < -0.4 is 4.74 Å². The molecule has 6 nitrogen and oxygen atoms in total. The Balaban J connectivity index is 1.77. The minimum Gasteiger partial charge on any atom is -0.497 e. The number of nitrogens with zero attached hydrogens (tertiary/aromatic N) is 2. The van der Waals surface area contributed by atoms with Crippen LogP contribution in [0, 0.1) is 15.9 Å². The van der Waals surface area contributed by atoms with Crippen LogP contribution in [0.2, 0.25) is 0 Å². The molecule has 0 fully saturated rings. The van der Waals surface area contributed by atoms with Crippen molar-refractivity contribution >= 4 is 28.9 Å². The Kier molecular flexibility index (Phi) is 5.37. The normalized spacial score (nSPS) is 10.9. The highest BCUT2D eigenvalue weighted by molar-refractivity contribution is 7.13. The monoisotopic (exact) mass is 384 g/mol. The van der Waals surface area contributed by atoms with Crippen LogP contribution in [-0.2, 0) is 0 Å². The summed E-state index contributed by atoms with van der Waals surface area (Å²) >= 11 is 1.40. The van der Waals surface area contributed by atoms with Crippen molar-refractivity contribution in [1.29, 1.82) is 0 Å². The van der Waals surface area contributed by atoms with Crippen LogP contribution in [0.15, 0.2) is 53.9 Å². The van der Waals surface area contributed by atoms with Gasteiger partial charge in [-0.2, -0.15) is 0 Å². The molecule has 3 rings (SSSR count). The number of benzene rings is 2. The molecule has 1 heterocycles. The number of allylic oxidation sites excluding steroid dienone is 1. The van der Waals surface area contributed by atoms with Gasteiger partial charge in [-0.05, 0) is 30.4 Å². The molecule has 0 atom stereocenters. The average Bonchev–Trinajstić information content (AvgIpc) is 3.15. The van der Waals surface area contributed by atoms with Crippen LogP contribution in [0.4, 0.5) is 10.1 Å². The molecule has 0 aliphatic rings. The SMILES string of the molecule is COc1cccc(-c2nc(C=CC(=O)c3ccc([N+](=O)[O-])cc3F)cs2)c1. The van der Waals surface area contributed by atoms with E-state index in [0.717, 1.165) is 28.8 Å². The molecule has 2 aromatic carbocycles. The van der Waals surface area contributed by atoms with Gasteiger partial charge in [-0.1, -0.05) is 12.1 Å². The van der Waals surface area contributed by atoms with Crippen LogP contribution in [0.1, 0.15) is 16.1 Å². The van der Waals surface area contributed by atoms with Crippen molar-refractivity contribution < 1.29 is 18.8 Å². The third kappa shape index (κ3) is 4.24. The molecule has 0 aliphatic carbocycles. The largest absolute Gasteiger partial charge is 0.497 e. The van der Waals surface area contributed by atoms with Crippen molar-refractivity contribution in [3.8, 4) is 16.3 Å². The summed E-state index contributed by atoms with van der Waals surface area (Å²) in [5.74, 6) is -0.823. The highest BCUT2D eigenvalue weighted by atomic mass is 32.1. The molecule has 27 heavy (non-hydrogen) atoms. The molecule has 0 radical (unpaired) electrons. The molecule has 1 aromatic heterocycles. The number of aromatic nitrogens is 1. The Morgan fingerprint density at radius 1 is 1.30 bits per heavy atom. The highest BCUT2D eigenvalue weighted by Crippen LogP contribution is 2.27. The van der Waals surface area contributed by atoms with Gasteiger partial charge in [-0.15, -0.1) is 11.3 Å². The summed E-state index contributed by atoms with van der Waals surface area (Å²) in [5.41, 5.74) is 0.788. The maximum atomic E-state index is 13.9. The van der Waals surface area contributed by atoms with E-state index >= 15 is 0 Å². The van der Waals surface area contributed by atoms with Crippen LogP contribution >= 0.6 is 11.3 Å². The van der Waals surface area contributed by atoms with Gasteiger partial charge in [-0.3, -0.25) is 14.9 Å². The van der Waals surface area contributed by atoms with E-state index < -0.39 is 22.2 Å². The van der Waals surface area contributed by atoms with E-state index in [1.54, 1.807) is 12.5 Å². The highest BCUT2D eigenvalue weighted by Gasteiger charge is 2.14. The number of nitro groups is 1. The Hall–Kier alpha value is -3.39. The number of carbonyl (C=O) groups excluding carboxylic acids is 1. The molecule has 8 heteroatoms. The summed E-state index contributed by atoms with van der Waals surface area (Å²) in [6.07, 6.45) is 2.66. The van der Waals surface area contributed by atoms with Crippen LogP contribution in [0.25, 0.3) is 16.6 Å². The lowest BCUT2D eigenvalue weighted by Crippen LogP contribution is -2.00. The van der Waals surface area contributed by atoms with E-state index in [4.69, 9.17) is 4.74 Å². The van der Waals surface area contributed by atoms with Gasteiger partial charge in [0.1, 0.15) is 16.6 Å². The number of halogens is 1. The quantitative estimate of drug-likeness (QED) is 0.265. The Bertz CT molecular complexity index is 1050. The van der Waals surface area contributed by atoms with Crippen molar-refractivity contribution in [3.05, 3.63) is 81.1 Å². The molecule has 0 unspecified atom stereocenters. The summed E-state index contributed by atoms with van der Waals surface area (Å²) in [4.78, 5) is 26.5. The van der Waals surface area contributed by atoms with Crippen molar-refractivity contribution in [2.24, 2.45) is 0 Å². The van der Waals surface area contributed by atoms with E-state index in [1.165, 1.54) is 23.5 Å². The molecule has 0 N–H and O–H groups in total. The number of hydrogen-bond acceptors (Lipinski definition) is 6. The van der Waals surface area contributed by atoms with Crippen LogP contribution in [-0.4, -0.2) is 22.8 Å². The summed E-state index contributed by atoms with van der Waals surface area (Å²) in [7, 11) is 1.58. The summed E-state index contributed by atoms with van der Waals surface area (Å²) in [6.45, 7) is 0. The number of thiazole rings is 1. The third-order valence-corrected chi connectivity index (χ3v) is 4.58. The van der Waals surface area contributed by atoms with Crippen LogP contribution in [0.5, 0.6) is 5.75 Å². The fourth-order valence-electron chi connectivity index (χ4n) is 2.32. The zero-order valence-electron chi connectivity index (χ0n) is 14.1. The van der Waals surface area contributed by atoms with Crippen molar-refractivity contribution in [3.63, 3.8) is 0 Å². The first kappa shape index (κ1) is 18.4. The number of hydrogen-bond donors (Lipinski definition) is 0. The predicted octanol–water partition coefficient (Wildman–Crippen LogP) is 4.76. The number of carbonyl (C=O) groups is 1. The van der Waals surface area contributed by atoms with E-state index in [1.807, 2.05) is 24.3 Å². The van der Waals surface area contributed by atoms with Gasteiger partial charge >= 0.3 is 0 Å². The molecule has 0 saturated heterocycles. The van der Waals surface area contributed by atoms with E-state index in [2.05, 4.69) is 4.98 Å². The molecule has 0 aliphatic heterocycles. The molecule has 0 saturated carbocycles. The minimum atomic E-state index is -0.936. The van der Waals surface area contributed by atoms with Gasteiger partial charge in [0.25, 0.3) is 5.69 Å². The number of methoxy groups -OCH3 is 1. The number of non-ortho nitro benzene ring substituents is 1. The second kappa shape index (κ2) is 7.88. The van der Waals surface area contributed by atoms with E-state index in [-0.39, 0.29) is 5.56 Å². The molecular formula is C19H13FN2O4S. The van der Waals surface area contributed by atoms with E-state index in [0.29, 0.717) is 11.4 Å². The predicted molar refractivity (Wildman–Crippen MR) is 101 cm³/mol. The van der Waals surface area contributed by atoms with Crippen LogP contribution in [0.3, 0.4) is 0 Å². The van der Waals surface area contributed by atoms with Crippen molar-refractivity contribution in [2.45, 2.75) is 0 Å². The number of ether oxygens (including phenoxy) is 1. The lowest BCUT2D eigenvalue weighted by molar-refractivity contribution is -0.385. The first-order chi connectivity index (χ1) is 13.0. The third-order valence-electron chi connectivity index (χ3n) is 3.67. The van der Waals surface area contributed by atoms with E-state index in [9.17, 15) is 19.3 Å². The van der Waals surface area contributed by atoms with Gasteiger partial charge < -0.3 is 4.74 Å². The van der Waals surface area contributed by atoms with Gasteiger partial charge in [-0.25, -0.2) is 9.37 Å². The molecule has 3 aromatic rings. The topological polar surface area (TPSA) is 82.3 Å². The lowest BCUT2D eigenvalue weighted by Gasteiger charge is -2.01. The lowest BCUT2D eigenvalue weighted by atomic mass is 10.1. The van der Waals surface area contributed by atoms with Gasteiger partial charge in [0, 0.05) is 17.0 Å². The number of nitro benzene ring substituents is 1. The second-order valence-electron chi connectivity index (χ2n) is 5.43. The van der Waals surface area contributed by atoms with Crippen molar-refractivity contribution in [1.82, 2.24) is 4.98 Å². The zero-order valence-corrected chi connectivity index (χ0v) is 14.9. The maximum Gasteiger partial charge on any atom is 0.272 e. The van der Waals surface area contributed by atoms with Gasteiger partial charge in [0.2, 0.25) is 0 Å². The first-order valence-corrected chi connectivity index (χ1v) is 8.62. The van der Waals surface area contributed by atoms with Crippen molar-refractivity contribution in [2.75, 3.05) is 7.11 Å². The first-order valence-electron chi connectivity index (χ1n) is 7.74. The Morgan fingerprint density at radius 3 is 2.81 bits per heavy atom. The number of ketones is 1. The minimum absolute atomic E-state index is 0.236. The molecular weight excluding hydrogens is 371 g/mol. The van der Waals surface area contributed by atoms with Gasteiger partial charge in [0.05, 0.1) is 29.4 Å². The summed E-state index contributed by atoms with van der Waals surface area (Å²) in [6, 6.07) is 10.3. The maximum absolute atomic E-state index is 13.9. The average molecular weight is 384 g/mol. The standard InChI is InChI=1S/C19H13FN2O4S/c1-26-15-4-2-3-12(9-15)19-21-13(11-27-19)5-8-18(23)16-7-6-14(22(24)25)10-17(16)20/h2-11H,1H3. The molecule has 136 valence electrons. The fourth-order valence-corrected chi connectivity index (χ4v) is 3.10. The summed E-state index contributed by atoms with van der Waals surface area (Å²) in [5, 5.41) is 13.2. The zero-order chi connectivity index (χ0) is 19.4. The smallest absolute Gasteiger partial charge is 0.272 e. The fraction of sp³-hybridized carbons (Fsp3) is 0.0526.